The second-order valence-corrected chi connectivity index (χ2v) is 12.5. The van der Waals surface area contributed by atoms with Crippen molar-refractivity contribution in [2.24, 2.45) is 0 Å². The zero-order valence-electron chi connectivity index (χ0n) is 19.3. The smallest absolute Gasteiger partial charge is 0.422 e. The van der Waals surface area contributed by atoms with Crippen LogP contribution in [0, 0.1) is 0 Å². The van der Waals surface area contributed by atoms with Gasteiger partial charge in [0.05, 0.1) is 16.6 Å². The van der Waals surface area contributed by atoms with Gasteiger partial charge in [0.15, 0.2) is 0 Å². The van der Waals surface area contributed by atoms with E-state index in [2.05, 4.69) is 16.8 Å². The lowest BCUT2D eigenvalue weighted by Crippen LogP contribution is -2.55. The van der Waals surface area contributed by atoms with Crippen molar-refractivity contribution < 1.29 is 17.9 Å². The molecule has 2 aromatic rings. The zero-order chi connectivity index (χ0) is 23.8. The molecular weight excluding hydrogens is 460 g/mol. The fourth-order valence-electron chi connectivity index (χ4n) is 3.79. The van der Waals surface area contributed by atoms with E-state index < -0.39 is 27.0 Å². The molecule has 0 aliphatic carbocycles. The van der Waals surface area contributed by atoms with E-state index in [0.717, 1.165) is 26.7 Å². The van der Waals surface area contributed by atoms with Gasteiger partial charge < -0.3 is 10.1 Å². The second kappa shape index (κ2) is 9.17. The second-order valence-electron chi connectivity index (χ2n) is 9.17. The first-order valence-electron chi connectivity index (χ1n) is 10.9. The van der Waals surface area contributed by atoms with Gasteiger partial charge in [-0.05, 0) is 57.5 Å². The Kier molecular flexibility index (Phi) is 6.63. The van der Waals surface area contributed by atoms with Crippen LogP contribution in [0.2, 0.25) is 0 Å². The van der Waals surface area contributed by atoms with Crippen LogP contribution in [0.5, 0.6) is 0 Å². The van der Waals surface area contributed by atoms with Gasteiger partial charge in [-0.1, -0.05) is 30.0 Å². The highest BCUT2D eigenvalue weighted by molar-refractivity contribution is 7.99. The van der Waals surface area contributed by atoms with Gasteiger partial charge in [0, 0.05) is 36.0 Å². The number of benzene rings is 2. The minimum absolute atomic E-state index is 0.300. The quantitative estimate of drug-likeness (QED) is 0.562. The van der Waals surface area contributed by atoms with Gasteiger partial charge in [-0.3, -0.25) is 5.43 Å². The van der Waals surface area contributed by atoms with Crippen molar-refractivity contribution in [2.45, 2.75) is 48.3 Å². The Morgan fingerprint density at radius 3 is 2.42 bits per heavy atom. The van der Waals surface area contributed by atoms with Crippen LogP contribution < -0.4 is 10.7 Å². The lowest BCUT2D eigenvalue weighted by atomic mass is 10.1. The van der Waals surface area contributed by atoms with E-state index in [0.29, 0.717) is 26.2 Å². The number of para-hydroxylation sites is 1. The molecule has 1 saturated heterocycles. The Balaban J connectivity index is 1.40. The standard InChI is InChI=1S/C23H30N4O4S2/c1-16(17-9-10-21-19(15-17)24-18-7-5-6-8-20(18)32-21)33(29,30)27-13-11-26(12-14-27)25-22(28)31-23(2,3)4/h5-10,15-16,24H,11-14H2,1-4H3,(H,25,28). The van der Waals surface area contributed by atoms with Crippen LogP contribution >= 0.6 is 11.8 Å². The summed E-state index contributed by atoms with van der Waals surface area (Å²) in [4.78, 5) is 14.2. The molecule has 0 aromatic heterocycles. The van der Waals surface area contributed by atoms with E-state index in [1.807, 2.05) is 36.4 Å². The van der Waals surface area contributed by atoms with E-state index in [9.17, 15) is 13.2 Å². The molecule has 10 heteroatoms. The van der Waals surface area contributed by atoms with Gasteiger partial charge in [0.25, 0.3) is 0 Å². The summed E-state index contributed by atoms with van der Waals surface area (Å²) in [6.07, 6.45) is -0.534. The van der Waals surface area contributed by atoms with Gasteiger partial charge in [0.1, 0.15) is 5.60 Å². The van der Waals surface area contributed by atoms with E-state index in [-0.39, 0.29) is 0 Å². The van der Waals surface area contributed by atoms with Gasteiger partial charge >= 0.3 is 6.09 Å². The number of rotatable bonds is 4. The number of carbonyl (C=O) groups is 1. The molecule has 1 amide bonds. The molecule has 0 bridgehead atoms. The first-order valence-corrected chi connectivity index (χ1v) is 13.3. The molecule has 4 rings (SSSR count). The van der Waals surface area contributed by atoms with Gasteiger partial charge in [0.2, 0.25) is 10.0 Å². The Bertz CT molecular complexity index is 1140. The molecule has 0 saturated carbocycles. The predicted octanol–water partition coefficient (Wildman–Crippen LogP) is 4.34. The van der Waals surface area contributed by atoms with Gasteiger partial charge in [-0.15, -0.1) is 0 Å². The molecule has 1 fully saturated rings. The number of hydrazine groups is 1. The highest BCUT2D eigenvalue weighted by Crippen LogP contribution is 2.45. The molecule has 0 radical (unpaired) electrons. The Morgan fingerprint density at radius 1 is 1.06 bits per heavy atom. The van der Waals surface area contributed by atoms with Crippen LogP contribution in [0.3, 0.4) is 0 Å². The fourth-order valence-corrected chi connectivity index (χ4v) is 6.37. The molecule has 2 heterocycles. The van der Waals surface area contributed by atoms with Gasteiger partial charge in [-0.25, -0.2) is 18.2 Å². The average Bonchev–Trinajstić information content (AvgIpc) is 2.75. The van der Waals surface area contributed by atoms with E-state index >= 15 is 0 Å². The SMILES string of the molecule is CC(c1ccc2c(c1)Nc1ccccc1S2)S(=O)(=O)N1CCN(NC(=O)OC(C)(C)C)CC1. The highest BCUT2D eigenvalue weighted by Gasteiger charge is 2.33. The Morgan fingerprint density at radius 2 is 1.73 bits per heavy atom. The predicted molar refractivity (Wildman–Crippen MR) is 130 cm³/mol. The molecule has 1 atom stereocenters. The van der Waals surface area contributed by atoms with Crippen molar-refractivity contribution in [2.75, 3.05) is 31.5 Å². The summed E-state index contributed by atoms with van der Waals surface area (Å²) in [6, 6.07) is 13.9. The summed E-state index contributed by atoms with van der Waals surface area (Å²) in [6.45, 7) is 8.51. The lowest BCUT2D eigenvalue weighted by Gasteiger charge is -2.35. The minimum Gasteiger partial charge on any atom is -0.443 e. The average molecular weight is 491 g/mol. The number of hydrogen-bond acceptors (Lipinski definition) is 7. The van der Waals surface area contributed by atoms with Crippen LogP contribution in [-0.2, 0) is 14.8 Å². The molecule has 33 heavy (non-hydrogen) atoms. The first kappa shape index (κ1) is 23.9. The number of ether oxygens (including phenoxy) is 1. The molecule has 8 nitrogen and oxygen atoms in total. The number of nitrogens with one attached hydrogen (secondary N) is 2. The van der Waals surface area contributed by atoms with Crippen LogP contribution in [0.25, 0.3) is 0 Å². The summed E-state index contributed by atoms with van der Waals surface area (Å²) in [5, 5.41) is 4.43. The molecule has 178 valence electrons. The largest absolute Gasteiger partial charge is 0.443 e. The molecule has 2 aliphatic rings. The number of hydrogen-bond donors (Lipinski definition) is 2. The van der Waals surface area contributed by atoms with Crippen LogP contribution in [0.15, 0.2) is 52.3 Å². The van der Waals surface area contributed by atoms with Crippen molar-refractivity contribution in [3.63, 3.8) is 0 Å². The fraction of sp³-hybridized carbons (Fsp3) is 0.435. The highest BCUT2D eigenvalue weighted by atomic mass is 32.2. The number of sulfonamides is 1. The maximum Gasteiger partial charge on any atom is 0.422 e. The summed E-state index contributed by atoms with van der Waals surface area (Å²) in [5.41, 5.74) is 4.79. The van der Waals surface area contributed by atoms with Crippen molar-refractivity contribution in [1.82, 2.24) is 14.7 Å². The number of fused-ring (bicyclic) bond motifs is 2. The third kappa shape index (κ3) is 5.46. The van der Waals surface area contributed by atoms with E-state index in [4.69, 9.17) is 4.74 Å². The van der Waals surface area contributed by atoms with E-state index in [1.54, 1.807) is 44.5 Å². The lowest BCUT2D eigenvalue weighted by molar-refractivity contribution is 0.0276. The van der Waals surface area contributed by atoms with Crippen molar-refractivity contribution >= 4 is 39.3 Å². The molecule has 0 spiro atoms. The van der Waals surface area contributed by atoms with E-state index in [1.165, 1.54) is 4.31 Å². The number of nitrogens with zero attached hydrogens (tertiary/aromatic N) is 2. The minimum atomic E-state index is -3.55. The summed E-state index contributed by atoms with van der Waals surface area (Å²) >= 11 is 1.67. The molecule has 1 unspecified atom stereocenters. The third-order valence-electron chi connectivity index (χ3n) is 5.54. The number of anilines is 2. The van der Waals surface area contributed by atoms with Gasteiger partial charge in [-0.2, -0.15) is 4.31 Å². The van der Waals surface area contributed by atoms with Crippen LogP contribution in [-0.4, -0.2) is 55.6 Å². The van der Waals surface area contributed by atoms with Crippen LogP contribution in [0.1, 0.15) is 38.5 Å². The summed E-state index contributed by atoms with van der Waals surface area (Å²) in [7, 11) is -3.55. The topological polar surface area (TPSA) is 91.0 Å². The number of amides is 1. The Labute approximate surface area is 199 Å². The first-order chi connectivity index (χ1) is 15.5. The normalized spacial score (nSPS) is 17.9. The maximum atomic E-state index is 13.3. The van der Waals surface area contributed by atoms with Crippen molar-refractivity contribution in [3.05, 3.63) is 48.0 Å². The molecular formula is C23H30N4O4S2. The third-order valence-corrected chi connectivity index (χ3v) is 8.95. The van der Waals surface area contributed by atoms with Crippen molar-refractivity contribution in [3.8, 4) is 0 Å². The summed E-state index contributed by atoms with van der Waals surface area (Å²) in [5.74, 6) is 0. The maximum absolute atomic E-state index is 13.3. The molecule has 2 aromatic carbocycles. The number of carbonyl (C=O) groups excluding carboxylic acids is 1. The Hall–Kier alpha value is -2.27. The van der Waals surface area contributed by atoms with Crippen molar-refractivity contribution in [1.29, 1.82) is 0 Å². The number of piperazine rings is 1. The summed E-state index contributed by atoms with van der Waals surface area (Å²) < 4.78 is 33.4. The molecule has 2 aliphatic heterocycles. The van der Waals surface area contributed by atoms with Crippen LogP contribution in [0.4, 0.5) is 16.2 Å². The zero-order valence-corrected chi connectivity index (χ0v) is 20.9. The molecule has 2 N–H and O–H groups in total. The monoisotopic (exact) mass is 490 g/mol.